The summed E-state index contributed by atoms with van der Waals surface area (Å²) in [4.78, 5) is 16.5. The topological polar surface area (TPSA) is 60.7 Å². The van der Waals surface area contributed by atoms with Gasteiger partial charge in [-0.25, -0.2) is 4.79 Å². The molecule has 1 aromatic heterocycles. The summed E-state index contributed by atoms with van der Waals surface area (Å²) in [5.41, 5.74) is 2.98. The summed E-state index contributed by atoms with van der Waals surface area (Å²) in [6.45, 7) is 0.922. The van der Waals surface area contributed by atoms with Gasteiger partial charge in [-0.3, -0.25) is 0 Å². The summed E-state index contributed by atoms with van der Waals surface area (Å²) in [5.74, 6) is 0. The molecule has 3 N–H and O–H groups in total. The molecule has 0 saturated heterocycles. The summed E-state index contributed by atoms with van der Waals surface area (Å²) >= 11 is 0. The van der Waals surface area contributed by atoms with Gasteiger partial charge in [0.15, 0.2) is 0 Å². The van der Waals surface area contributed by atoms with E-state index >= 15 is 0 Å². The van der Waals surface area contributed by atoms with Crippen molar-refractivity contribution >= 4 is 0 Å². The second kappa shape index (κ2) is 4.81. The second-order valence-corrected chi connectivity index (χ2v) is 3.67. The summed E-state index contributed by atoms with van der Waals surface area (Å²) in [6, 6.07) is 8.09. The smallest absolute Gasteiger partial charge is 0.319 e. The van der Waals surface area contributed by atoms with E-state index in [1.54, 1.807) is 6.20 Å². The van der Waals surface area contributed by atoms with Crippen LogP contribution in [-0.2, 0) is 6.42 Å². The molecule has 4 nitrogen and oxygen atoms in total. The molecule has 16 heavy (non-hydrogen) atoms. The van der Waals surface area contributed by atoms with Gasteiger partial charge in [-0.2, -0.15) is 0 Å². The van der Waals surface area contributed by atoms with E-state index in [1.807, 2.05) is 25.2 Å². The van der Waals surface area contributed by atoms with Crippen molar-refractivity contribution in [1.29, 1.82) is 0 Å². The number of H-pyrrole nitrogens is 2. The number of aromatic amines is 2. The zero-order valence-corrected chi connectivity index (χ0v) is 9.21. The van der Waals surface area contributed by atoms with Crippen LogP contribution in [0.1, 0.15) is 5.56 Å². The molecule has 0 radical (unpaired) electrons. The Balaban J connectivity index is 2.36. The normalized spacial score (nSPS) is 10.6. The molecule has 4 heteroatoms. The van der Waals surface area contributed by atoms with Gasteiger partial charge in [-0.05, 0) is 25.6 Å². The first kappa shape index (κ1) is 10.7. The number of nitrogens with one attached hydrogen (secondary N) is 3. The minimum Gasteiger partial charge on any atom is -0.319 e. The van der Waals surface area contributed by atoms with Crippen LogP contribution >= 0.6 is 0 Å². The number of aromatic nitrogens is 2. The molecular formula is C12H15N3O. The summed E-state index contributed by atoms with van der Waals surface area (Å²) in [7, 11) is 1.93. The van der Waals surface area contributed by atoms with Crippen molar-refractivity contribution in [1.82, 2.24) is 15.3 Å². The molecule has 2 aromatic rings. The number of hydrogen-bond donors (Lipinski definition) is 3. The molecule has 0 atom stereocenters. The summed E-state index contributed by atoms with van der Waals surface area (Å²) < 4.78 is 0. The number of benzene rings is 1. The first-order chi connectivity index (χ1) is 7.81. The Morgan fingerprint density at radius 2 is 2.12 bits per heavy atom. The lowest BCUT2D eigenvalue weighted by Gasteiger charge is -2.06. The molecule has 1 aromatic carbocycles. The maximum Gasteiger partial charge on any atom is 0.323 e. The Bertz CT molecular complexity index is 513. The van der Waals surface area contributed by atoms with Crippen LogP contribution < -0.4 is 11.0 Å². The highest BCUT2D eigenvalue weighted by atomic mass is 16.1. The van der Waals surface area contributed by atoms with Gasteiger partial charge in [0.2, 0.25) is 0 Å². The fourth-order valence-corrected chi connectivity index (χ4v) is 1.74. The van der Waals surface area contributed by atoms with Gasteiger partial charge in [0.25, 0.3) is 0 Å². The average molecular weight is 217 g/mol. The van der Waals surface area contributed by atoms with Crippen LogP contribution in [0.15, 0.2) is 35.3 Å². The molecule has 0 aliphatic carbocycles. The minimum absolute atomic E-state index is 0.168. The third kappa shape index (κ3) is 2.23. The summed E-state index contributed by atoms with van der Waals surface area (Å²) in [6.07, 6.45) is 2.65. The fraction of sp³-hybridized carbons (Fsp3) is 0.250. The van der Waals surface area contributed by atoms with E-state index in [0.717, 1.165) is 24.2 Å². The molecule has 0 saturated carbocycles. The predicted octanol–water partition coefficient (Wildman–Crippen LogP) is 1.13. The molecule has 0 bridgehead atoms. The van der Waals surface area contributed by atoms with Gasteiger partial charge in [0.1, 0.15) is 0 Å². The number of rotatable bonds is 4. The van der Waals surface area contributed by atoms with Crippen molar-refractivity contribution in [2.24, 2.45) is 0 Å². The highest BCUT2D eigenvalue weighted by molar-refractivity contribution is 5.62. The Morgan fingerprint density at radius 3 is 2.81 bits per heavy atom. The maximum atomic E-state index is 11.1. The van der Waals surface area contributed by atoms with Gasteiger partial charge in [-0.1, -0.05) is 24.3 Å². The standard InChI is InChI=1S/C12H15N3O/c1-13-7-6-9-4-2-3-5-10(9)11-8-14-12(16)15-11/h2-5,8,13H,6-7H2,1H3,(H2,14,15,16). The second-order valence-electron chi connectivity index (χ2n) is 3.67. The first-order valence-corrected chi connectivity index (χ1v) is 5.32. The van der Waals surface area contributed by atoms with Crippen molar-refractivity contribution in [2.75, 3.05) is 13.6 Å². The zero-order valence-electron chi connectivity index (χ0n) is 9.21. The fourth-order valence-electron chi connectivity index (χ4n) is 1.74. The van der Waals surface area contributed by atoms with Crippen molar-refractivity contribution in [3.8, 4) is 11.3 Å². The van der Waals surface area contributed by atoms with Crippen LogP contribution in [0, 0.1) is 0 Å². The minimum atomic E-state index is -0.168. The largest absolute Gasteiger partial charge is 0.323 e. The molecule has 0 spiro atoms. The van der Waals surface area contributed by atoms with E-state index in [9.17, 15) is 4.79 Å². The third-order valence-corrected chi connectivity index (χ3v) is 2.55. The SMILES string of the molecule is CNCCc1ccccc1-c1c[nH]c(=O)[nH]1. The van der Waals surface area contributed by atoms with E-state index in [2.05, 4.69) is 21.4 Å². The van der Waals surface area contributed by atoms with Crippen LogP contribution in [0.25, 0.3) is 11.3 Å². The molecular weight excluding hydrogens is 202 g/mol. The van der Waals surface area contributed by atoms with Crippen molar-refractivity contribution in [2.45, 2.75) is 6.42 Å². The molecule has 0 aliphatic rings. The van der Waals surface area contributed by atoms with Gasteiger partial charge in [0.05, 0.1) is 5.69 Å². The number of hydrogen-bond acceptors (Lipinski definition) is 2. The first-order valence-electron chi connectivity index (χ1n) is 5.32. The van der Waals surface area contributed by atoms with Gasteiger partial charge < -0.3 is 15.3 Å². The number of likely N-dealkylation sites (N-methyl/N-ethyl adjacent to an activating group) is 1. The Hall–Kier alpha value is -1.81. The van der Waals surface area contributed by atoms with E-state index in [1.165, 1.54) is 5.56 Å². The van der Waals surface area contributed by atoms with Gasteiger partial charge >= 0.3 is 5.69 Å². The molecule has 0 fully saturated rings. The van der Waals surface area contributed by atoms with E-state index in [0.29, 0.717) is 0 Å². The predicted molar refractivity (Wildman–Crippen MR) is 64.5 cm³/mol. The summed E-state index contributed by atoms with van der Waals surface area (Å²) in [5, 5.41) is 3.12. The van der Waals surface area contributed by atoms with Crippen LogP contribution in [0.5, 0.6) is 0 Å². The Kier molecular flexibility index (Phi) is 3.22. The molecule has 84 valence electrons. The third-order valence-electron chi connectivity index (χ3n) is 2.55. The van der Waals surface area contributed by atoms with E-state index in [-0.39, 0.29) is 5.69 Å². The Morgan fingerprint density at radius 1 is 1.31 bits per heavy atom. The van der Waals surface area contributed by atoms with Gasteiger partial charge in [-0.15, -0.1) is 0 Å². The number of imidazole rings is 1. The highest BCUT2D eigenvalue weighted by Crippen LogP contribution is 2.20. The van der Waals surface area contributed by atoms with Crippen LogP contribution in [-0.4, -0.2) is 23.6 Å². The quantitative estimate of drug-likeness (QED) is 0.719. The monoisotopic (exact) mass is 217 g/mol. The van der Waals surface area contributed by atoms with Crippen LogP contribution in [0.2, 0.25) is 0 Å². The lowest BCUT2D eigenvalue weighted by atomic mass is 10.0. The molecule has 0 amide bonds. The molecule has 0 unspecified atom stereocenters. The Labute approximate surface area is 93.7 Å². The van der Waals surface area contributed by atoms with E-state index < -0.39 is 0 Å². The van der Waals surface area contributed by atoms with Crippen molar-refractivity contribution in [3.63, 3.8) is 0 Å². The zero-order chi connectivity index (χ0) is 11.4. The van der Waals surface area contributed by atoms with E-state index in [4.69, 9.17) is 0 Å². The molecule has 2 rings (SSSR count). The maximum absolute atomic E-state index is 11.1. The average Bonchev–Trinajstić information content (AvgIpc) is 2.73. The van der Waals surface area contributed by atoms with Crippen molar-refractivity contribution in [3.05, 3.63) is 46.5 Å². The van der Waals surface area contributed by atoms with Gasteiger partial charge in [0, 0.05) is 11.8 Å². The lowest BCUT2D eigenvalue weighted by Crippen LogP contribution is -2.11. The lowest BCUT2D eigenvalue weighted by molar-refractivity contribution is 0.792. The molecule has 0 aliphatic heterocycles. The van der Waals surface area contributed by atoms with Crippen LogP contribution in [0.3, 0.4) is 0 Å². The van der Waals surface area contributed by atoms with Crippen LogP contribution in [0.4, 0.5) is 0 Å². The molecule has 1 heterocycles. The highest BCUT2D eigenvalue weighted by Gasteiger charge is 2.05. The van der Waals surface area contributed by atoms with Crippen molar-refractivity contribution < 1.29 is 0 Å².